The van der Waals surface area contributed by atoms with E-state index in [1.165, 1.54) is 12.0 Å². The van der Waals surface area contributed by atoms with Crippen LogP contribution in [0, 0.1) is 0 Å². The molecule has 22 heavy (non-hydrogen) atoms. The summed E-state index contributed by atoms with van der Waals surface area (Å²) >= 11 is 1.55. The highest BCUT2D eigenvalue weighted by Crippen LogP contribution is 2.37. The van der Waals surface area contributed by atoms with E-state index in [2.05, 4.69) is 10.1 Å². The Balaban J connectivity index is 2.13. The fourth-order valence-corrected chi connectivity index (χ4v) is 3.48. The van der Waals surface area contributed by atoms with Gasteiger partial charge in [0.1, 0.15) is 6.04 Å². The molecule has 0 aliphatic carbocycles. The number of carbonyl (C=O) groups excluding carboxylic acids is 3. The van der Waals surface area contributed by atoms with E-state index in [1.54, 1.807) is 36.0 Å². The van der Waals surface area contributed by atoms with E-state index in [0.717, 1.165) is 0 Å². The number of nitrogens with zero attached hydrogens (tertiary/aromatic N) is 1. The molecule has 2 amide bonds. The van der Waals surface area contributed by atoms with Crippen LogP contribution < -0.4 is 5.32 Å². The number of ether oxygens (including phenoxy) is 1. The molecule has 1 aromatic carbocycles. The summed E-state index contributed by atoms with van der Waals surface area (Å²) < 4.78 is 4.65. The molecule has 1 N–H and O–H groups in total. The number of benzene rings is 1. The molecule has 1 fully saturated rings. The number of methoxy groups -OCH3 is 1. The molecule has 1 aromatic rings. The number of anilines is 1. The zero-order valence-corrected chi connectivity index (χ0v) is 13.5. The van der Waals surface area contributed by atoms with Gasteiger partial charge in [0.25, 0.3) is 0 Å². The largest absolute Gasteiger partial charge is 0.465 e. The lowest BCUT2D eigenvalue weighted by Crippen LogP contribution is -2.47. The molecule has 118 valence electrons. The third-order valence-electron chi connectivity index (χ3n) is 3.52. The minimum Gasteiger partial charge on any atom is -0.465 e. The molecule has 1 saturated heterocycles. The van der Waals surface area contributed by atoms with E-state index >= 15 is 0 Å². The van der Waals surface area contributed by atoms with Gasteiger partial charge in [0.15, 0.2) is 0 Å². The molecule has 0 bridgehead atoms. The topological polar surface area (TPSA) is 75.7 Å². The summed E-state index contributed by atoms with van der Waals surface area (Å²) in [6.45, 7) is 3.80. The zero-order chi connectivity index (χ0) is 16.3. The van der Waals surface area contributed by atoms with Crippen molar-refractivity contribution < 1.29 is 19.1 Å². The maximum absolute atomic E-state index is 12.4. The van der Waals surface area contributed by atoms with Crippen molar-refractivity contribution >= 4 is 35.7 Å². The van der Waals surface area contributed by atoms with Crippen LogP contribution in [0.5, 0.6) is 0 Å². The number of hydrogen-bond acceptors (Lipinski definition) is 5. The Morgan fingerprint density at radius 1 is 1.45 bits per heavy atom. The SMILES string of the molecule is COC(=O)c1cccc(NC(=O)[C@@H]2CSC(C)(C)N2C=O)c1. The Morgan fingerprint density at radius 3 is 2.82 bits per heavy atom. The Kier molecular flexibility index (Phi) is 4.75. The maximum atomic E-state index is 12.4. The maximum Gasteiger partial charge on any atom is 0.337 e. The summed E-state index contributed by atoms with van der Waals surface area (Å²) in [5.74, 6) is -0.204. The monoisotopic (exact) mass is 322 g/mol. The van der Waals surface area contributed by atoms with Gasteiger partial charge in [-0.2, -0.15) is 0 Å². The Labute approximate surface area is 133 Å². The predicted molar refractivity (Wildman–Crippen MR) is 84.6 cm³/mol. The van der Waals surface area contributed by atoms with Crippen molar-refractivity contribution in [1.82, 2.24) is 4.90 Å². The number of amides is 2. The van der Waals surface area contributed by atoms with Gasteiger partial charge in [-0.25, -0.2) is 4.79 Å². The van der Waals surface area contributed by atoms with Gasteiger partial charge in [-0.15, -0.1) is 11.8 Å². The summed E-state index contributed by atoms with van der Waals surface area (Å²) in [5.41, 5.74) is 0.849. The van der Waals surface area contributed by atoms with Crippen LogP contribution in [0.2, 0.25) is 0 Å². The van der Waals surface area contributed by atoms with Gasteiger partial charge >= 0.3 is 5.97 Å². The second-order valence-corrected chi connectivity index (χ2v) is 6.97. The fourth-order valence-electron chi connectivity index (χ4n) is 2.28. The smallest absolute Gasteiger partial charge is 0.337 e. The molecule has 7 heteroatoms. The first-order valence-electron chi connectivity index (χ1n) is 6.76. The standard InChI is InChI=1S/C15H18N2O4S/c1-15(2)17(9-18)12(8-22-15)13(19)16-11-6-4-5-10(7-11)14(20)21-3/h4-7,9,12H,8H2,1-3H3,(H,16,19)/t12-/m0/s1. The van der Waals surface area contributed by atoms with Gasteiger partial charge in [-0.3, -0.25) is 9.59 Å². The van der Waals surface area contributed by atoms with Gasteiger partial charge < -0.3 is 15.0 Å². The van der Waals surface area contributed by atoms with Gasteiger partial charge in [-0.1, -0.05) is 6.07 Å². The van der Waals surface area contributed by atoms with Gasteiger partial charge in [0, 0.05) is 11.4 Å². The molecule has 6 nitrogen and oxygen atoms in total. The summed E-state index contributed by atoms with van der Waals surface area (Å²) in [4.78, 5) is 36.2. The van der Waals surface area contributed by atoms with Gasteiger partial charge in [-0.05, 0) is 32.0 Å². The van der Waals surface area contributed by atoms with E-state index in [-0.39, 0.29) is 5.91 Å². The second-order valence-electron chi connectivity index (χ2n) is 5.35. The van der Waals surface area contributed by atoms with Crippen molar-refractivity contribution in [3.63, 3.8) is 0 Å². The lowest BCUT2D eigenvalue weighted by atomic mass is 10.2. The molecule has 1 atom stereocenters. The third kappa shape index (κ3) is 3.24. The second kappa shape index (κ2) is 6.39. The minimum absolute atomic E-state index is 0.271. The van der Waals surface area contributed by atoms with E-state index < -0.39 is 16.9 Å². The van der Waals surface area contributed by atoms with Crippen LogP contribution in [0.1, 0.15) is 24.2 Å². The van der Waals surface area contributed by atoms with Gasteiger partial charge in [0.2, 0.25) is 12.3 Å². The molecule has 0 spiro atoms. The number of carbonyl (C=O) groups is 3. The van der Waals surface area contributed by atoms with Crippen molar-refractivity contribution in [3.05, 3.63) is 29.8 Å². The van der Waals surface area contributed by atoms with Crippen molar-refractivity contribution in [2.45, 2.75) is 24.8 Å². The Hall–Kier alpha value is -2.02. The summed E-state index contributed by atoms with van der Waals surface area (Å²) in [6, 6.07) is 5.96. The number of hydrogen-bond donors (Lipinski definition) is 1. The van der Waals surface area contributed by atoms with Crippen LogP contribution >= 0.6 is 11.8 Å². The quantitative estimate of drug-likeness (QED) is 0.675. The van der Waals surface area contributed by atoms with Crippen LogP contribution in [0.4, 0.5) is 5.69 Å². The normalized spacial score (nSPS) is 19.6. The van der Waals surface area contributed by atoms with E-state index in [4.69, 9.17) is 0 Å². The van der Waals surface area contributed by atoms with Gasteiger partial charge in [0.05, 0.1) is 17.5 Å². The first-order chi connectivity index (χ1) is 10.4. The molecular weight excluding hydrogens is 304 g/mol. The fraction of sp³-hybridized carbons (Fsp3) is 0.400. The highest BCUT2D eigenvalue weighted by Gasteiger charge is 2.42. The lowest BCUT2D eigenvalue weighted by molar-refractivity contribution is -0.130. The minimum atomic E-state index is -0.528. The molecule has 0 aromatic heterocycles. The predicted octanol–water partition coefficient (Wildman–Crippen LogP) is 1.72. The van der Waals surface area contributed by atoms with E-state index in [0.29, 0.717) is 23.4 Å². The van der Waals surface area contributed by atoms with Crippen molar-refractivity contribution in [3.8, 4) is 0 Å². The molecule has 0 radical (unpaired) electrons. The molecule has 1 heterocycles. The van der Waals surface area contributed by atoms with E-state index in [9.17, 15) is 14.4 Å². The summed E-state index contributed by atoms with van der Waals surface area (Å²) in [7, 11) is 1.30. The summed E-state index contributed by atoms with van der Waals surface area (Å²) in [5, 5.41) is 2.74. The van der Waals surface area contributed by atoms with E-state index in [1.807, 2.05) is 13.8 Å². The average molecular weight is 322 g/mol. The highest BCUT2D eigenvalue weighted by molar-refractivity contribution is 8.00. The number of thioether (sulfide) groups is 1. The zero-order valence-electron chi connectivity index (χ0n) is 12.7. The average Bonchev–Trinajstić information content (AvgIpc) is 2.81. The summed E-state index contributed by atoms with van der Waals surface area (Å²) in [6.07, 6.45) is 0.703. The van der Waals surface area contributed by atoms with Crippen LogP contribution in [0.15, 0.2) is 24.3 Å². The third-order valence-corrected chi connectivity index (χ3v) is 4.92. The first-order valence-corrected chi connectivity index (χ1v) is 7.74. The number of rotatable bonds is 4. The van der Waals surface area contributed by atoms with Crippen molar-refractivity contribution in [1.29, 1.82) is 0 Å². The Morgan fingerprint density at radius 2 is 2.18 bits per heavy atom. The van der Waals surface area contributed by atoms with Crippen molar-refractivity contribution in [2.75, 3.05) is 18.2 Å². The highest BCUT2D eigenvalue weighted by atomic mass is 32.2. The number of esters is 1. The molecular formula is C15H18N2O4S. The Bertz CT molecular complexity index is 603. The first kappa shape index (κ1) is 16.4. The van der Waals surface area contributed by atoms with Crippen LogP contribution in [-0.4, -0.2) is 47.0 Å². The molecule has 1 aliphatic rings. The van der Waals surface area contributed by atoms with Crippen LogP contribution in [0.3, 0.4) is 0 Å². The van der Waals surface area contributed by atoms with Crippen molar-refractivity contribution in [2.24, 2.45) is 0 Å². The lowest BCUT2D eigenvalue weighted by Gasteiger charge is -2.30. The van der Waals surface area contributed by atoms with Crippen LogP contribution in [0.25, 0.3) is 0 Å². The molecule has 0 saturated carbocycles. The molecule has 1 aliphatic heterocycles. The molecule has 0 unspecified atom stereocenters. The number of nitrogens with one attached hydrogen (secondary N) is 1. The molecule has 2 rings (SSSR count). The van der Waals surface area contributed by atoms with Crippen LogP contribution in [-0.2, 0) is 14.3 Å².